The van der Waals surface area contributed by atoms with E-state index < -0.39 is 11.6 Å². The minimum Gasteiger partial charge on any atom is -0.382 e. The van der Waals surface area contributed by atoms with Crippen LogP contribution < -0.4 is 0 Å². The van der Waals surface area contributed by atoms with E-state index in [1.54, 1.807) is 0 Å². The van der Waals surface area contributed by atoms with Crippen LogP contribution in [0.15, 0.2) is 36.5 Å². The Bertz CT molecular complexity index is 792. The van der Waals surface area contributed by atoms with Crippen molar-refractivity contribution in [2.24, 2.45) is 0 Å². The van der Waals surface area contributed by atoms with Crippen LogP contribution in [0.4, 0.5) is 0 Å². The molecule has 8 heteroatoms. The number of aromatic amines is 1. The molecule has 0 saturated heterocycles. The molecule has 1 unspecified atom stereocenters. The van der Waals surface area contributed by atoms with Gasteiger partial charge >= 0.3 is 0 Å². The Kier molecular flexibility index (Phi) is 4.27. The molecular weight excluding hydrogens is 318 g/mol. The molecule has 0 bridgehead atoms. The molecule has 1 aromatic carbocycles. The molecule has 2 heterocycles. The van der Waals surface area contributed by atoms with Gasteiger partial charge in [0.2, 0.25) is 5.82 Å². The van der Waals surface area contributed by atoms with Crippen molar-refractivity contribution < 1.29 is 5.11 Å². The van der Waals surface area contributed by atoms with E-state index in [1.807, 2.05) is 41.2 Å². The van der Waals surface area contributed by atoms with Crippen molar-refractivity contribution in [2.45, 2.75) is 50.2 Å². The minimum atomic E-state index is -0.880. The van der Waals surface area contributed by atoms with Gasteiger partial charge in [0.05, 0.1) is 11.7 Å². The predicted molar refractivity (Wildman–Crippen MR) is 90.3 cm³/mol. The number of nitrogens with zero attached hydrogens (tertiary/aromatic N) is 6. The molecule has 1 aliphatic carbocycles. The number of H-pyrrole nitrogens is 1. The van der Waals surface area contributed by atoms with Gasteiger partial charge in [-0.05, 0) is 12.8 Å². The van der Waals surface area contributed by atoms with Crippen LogP contribution in [0.3, 0.4) is 0 Å². The molecule has 1 aliphatic rings. The summed E-state index contributed by atoms with van der Waals surface area (Å²) in [6.45, 7) is 0. The number of aromatic nitrogens is 7. The summed E-state index contributed by atoms with van der Waals surface area (Å²) in [5.41, 5.74) is 1.21. The number of rotatable bonds is 4. The number of benzene rings is 1. The largest absolute Gasteiger partial charge is 0.382 e. The molecule has 8 nitrogen and oxygen atoms in total. The Hall–Kier alpha value is -2.61. The average molecular weight is 339 g/mol. The predicted octanol–water partition coefficient (Wildman–Crippen LogP) is 2.24. The molecule has 1 saturated carbocycles. The molecule has 0 aliphatic heterocycles. The highest BCUT2D eigenvalue weighted by Gasteiger charge is 2.44. The van der Waals surface area contributed by atoms with Crippen molar-refractivity contribution in [3.05, 3.63) is 42.4 Å². The van der Waals surface area contributed by atoms with E-state index in [-0.39, 0.29) is 0 Å². The Morgan fingerprint density at radius 3 is 2.48 bits per heavy atom. The molecule has 1 atom stereocenters. The first-order valence-electron chi connectivity index (χ1n) is 8.69. The molecule has 130 valence electrons. The van der Waals surface area contributed by atoms with Gasteiger partial charge in [0, 0.05) is 5.56 Å². The summed E-state index contributed by atoms with van der Waals surface area (Å²) in [7, 11) is 0. The fourth-order valence-corrected chi connectivity index (χ4v) is 3.72. The lowest BCUT2D eigenvalue weighted by Gasteiger charge is -2.35. The molecule has 3 aromatic rings. The lowest BCUT2D eigenvalue weighted by Crippen LogP contribution is -2.40. The summed E-state index contributed by atoms with van der Waals surface area (Å²) in [6, 6.07) is 9.93. The molecule has 0 radical (unpaired) electrons. The van der Waals surface area contributed by atoms with Gasteiger partial charge in [-0.3, -0.25) is 0 Å². The van der Waals surface area contributed by atoms with Gasteiger partial charge in [0.1, 0.15) is 11.8 Å². The number of hydrogen-bond acceptors (Lipinski definition) is 6. The van der Waals surface area contributed by atoms with Crippen molar-refractivity contribution >= 4 is 0 Å². The molecule has 25 heavy (non-hydrogen) atoms. The average Bonchev–Trinajstić information content (AvgIpc) is 3.31. The van der Waals surface area contributed by atoms with Crippen LogP contribution in [-0.2, 0) is 5.54 Å². The lowest BCUT2D eigenvalue weighted by atomic mass is 9.84. The maximum absolute atomic E-state index is 11.1. The summed E-state index contributed by atoms with van der Waals surface area (Å²) < 4.78 is 1.82. The second-order valence-corrected chi connectivity index (χ2v) is 6.60. The normalized spacial score (nSPS) is 18.6. The van der Waals surface area contributed by atoms with Gasteiger partial charge in [-0.1, -0.05) is 66.4 Å². The summed E-state index contributed by atoms with van der Waals surface area (Å²) in [6.07, 6.45) is 7.01. The third-order valence-corrected chi connectivity index (χ3v) is 5.10. The zero-order chi connectivity index (χ0) is 17.1. The number of aliphatic hydroxyl groups is 1. The minimum absolute atomic E-state index is 0.304. The highest BCUT2D eigenvalue weighted by atomic mass is 16.3. The van der Waals surface area contributed by atoms with Gasteiger partial charge in [0.25, 0.3) is 0 Å². The first kappa shape index (κ1) is 15.9. The first-order valence-corrected chi connectivity index (χ1v) is 8.69. The van der Waals surface area contributed by atoms with Gasteiger partial charge in [0.15, 0.2) is 0 Å². The van der Waals surface area contributed by atoms with Crippen LogP contribution in [0.25, 0.3) is 11.3 Å². The molecule has 1 fully saturated rings. The van der Waals surface area contributed by atoms with Crippen LogP contribution in [0.2, 0.25) is 0 Å². The van der Waals surface area contributed by atoms with E-state index in [2.05, 4.69) is 30.9 Å². The van der Waals surface area contributed by atoms with Crippen LogP contribution >= 0.6 is 0 Å². The third kappa shape index (κ3) is 2.93. The van der Waals surface area contributed by atoms with Gasteiger partial charge in [-0.15, -0.1) is 15.3 Å². The smallest absolute Gasteiger partial charge is 0.205 e. The number of aliphatic hydroxyl groups excluding tert-OH is 1. The quantitative estimate of drug-likeness (QED) is 0.706. The van der Waals surface area contributed by atoms with Gasteiger partial charge < -0.3 is 5.11 Å². The summed E-state index contributed by atoms with van der Waals surface area (Å²) in [5.74, 6) is 0.304. The zero-order valence-corrected chi connectivity index (χ0v) is 13.9. The Balaban J connectivity index is 1.75. The van der Waals surface area contributed by atoms with Crippen LogP contribution in [0, 0.1) is 0 Å². The Labute approximate surface area is 145 Å². The van der Waals surface area contributed by atoms with E-state index in [0.29, 0.717) is 5.82 Å². The molecule has 2 aromatic heterocycles. The van der Waals surface area contributed by atoms with Crippen molar-refractivity contribution in [2.75, 3.05) is 0 Å². The SMILES string of the molecule is OC(c1nn[nH]n1)C1(n2cc(-c3ccccc3)nn2)CCCCCC1. The van der Waals surface area contributed by atoms with Gasteiger partial charge in [-0.25, -0.2) is 4.68 Å². The Morgan fingerprint density at radius 1 is 1.04 bits per heavy atom. The van der Waals surface area contributed by atoms with E-state index in [9.17, 15) is 5.11 Å². The van der Waals surface area contributed by atoms with Crippen LogP contribution in [0.5, 0.6) is 0 Å². The Morgan fingerprint density at radius 2 is 1.80 bits per heavy atom. The molecule has 0 spiro atoms. The summed E-state index contributed by atoms with van der Waals surface area (Å²) in [4.78, 5) is 0. The van der Waals surface area contributed by atoms with Crippen molar-refractivity contribution in [1.82, 2.24) is 35.6 Å². The number of nitrogens with one attached hydrogen (secondary N) is 1. The standard InChI is InChI=1S/C17H21N7O/c25-15(16-19-21-22-20-16)17(10-6-1-2-7-11-17)24-12-14(18-23-24)13-8-4-3-5-9-13/h3-5,8-9,12,15,25H,1-2,6-7,10-11H2,(H,19,20,21,22). The summed E-state index contributed by atoms with van der Waals surface area (Å²) in [5, 5.41) is 33.8. The monoisotopic (exact) mass is 339 g/mol. The number of tetrazole rings is 1. The van der Waals surface area contributed by atoms with E-state index in [0.717, 1.165) is 49.8 Å². The molecule has 2 N–H and O–H groups in total. The van der Waals surface area contributed by atoms with E-state index in [1.165, 1.54) is 0 Å². The van der Waals surface area contributed by atoms with Crippen LogP contribution in [0.1, 0.15) is 50.5 Å². The topological polar surface area (TPSA) is 105 Å². The second kappa shape index (κ2) is 6.72. The first-order chi connectivity index (χ1) is 12.3. The zero-order valence-electron chi connectivity index (χ0n) is 13.9. The fourth-order valence-electron chi connectivity index (χ4n) is 3.72. The molecular formula is C17H21N7O. The third-order valence-electron chi connectivity index (χ3n) is 5.10. The van der Waals surface area contributed by atoms with Crippen molar-refractivity contribution in [1.29, 1.82) is 0 Å². The lowest BCUT2D eigenvalue weighted by molar-refractivity contribution is 0.00339. The van der Waals surface area contributed by atoms with Gasteiger partial charge in [-0.2, -0.15) is 5.21 Å². The van der Waals surface area contributed by atoms with Crippen molar-refractivity contribution in [3.63, 3.8) is 0 Å². The molecule has 0 amide bonds. The maximum atomic E-state index is 11.1. The van der Waals surface area contributed by atoms with Crippen molar-refractivity contribution in [3.8, 4) is 11.3 Å². The van der Waals surface area contributed by atoms with E-state index >= 15 is 0 Å². The highest BCUT2D eigenvalue weighted by molar-refractivity contribution is 5.57. The summed E-state index contributed by atoms with van der Waals surface area (Å²) >= 11 is 0. The highest BCUT2D eigenvalue weighted by Crippen LogP contribution is 2.42. The maximum Gasteiger partial charge on any atom is 0.205 e. The van der Waals surface area contributed by atoms with Crippen LogP contribution in [-0.4, -0.2) is 40.7 Å². The molecule has 4 rings (SSSR count). The fraction of sp³-hybridized carbons (Fsp3) is 0.471. The second-order valence-electron chi connectivity index (χ2n) is 6.60. The van der Waals surface area contributed by atoms with E-state index in [4.69, 9.17) is 0 Å². The number of hydrogen-bond donors (Lipinski definition) is 2.